The Balaban J connectivity index is 1.62. The third-order valence-corrected chi connectivity index (χ3v) is 6.56. The molecule has 39 heavy (non-hydrogen) atoms. The molecular weight excluding hydrogens is 468 g/mol. The average Bonchev–Trinajstić information content (AvgIpc) is 3.61. The molecular formula is C39H28. The summed E-state index contributed by atoms with van der Waals surface area (Å²) in [5.41, 5.74) is -10.9. The van der Waals surface area contributed by atoms with Crippen molar-refractivity contribution in [1.82, 2.24) is 0 Å². The van der Waals surface area contributed by atoms with Gasteiger partial charge >= 0.3 is 0 Å². The van der Waals surface area contributed by atoms with Crippen LogP contribution in [0.2, 0.25) is 0 Å². The normalized spacial score (nSPS) is 24.4. The molecule has 0 fully saturated rings. The number of hydrogen-bond acceptors (Lipinski definition) is 0. The zero-order chi connectivity index (χ0) is 50.3. The molecule has 0 aliphatic heterocycles. The lowest BCUT2D eigenvalue weighted by Crippen LogP contribution is -2.14. The molecule has 0 spiro atoms. The molecule has 0 unspecified atom stereocenters. The zero-order valence-electron chi connectivity index (χ0n) is 47.5. The van der Waals surface area contributed by atoms with Gasteiger partial charge in [0.25, 0.3) is 0 Å². The maximum atomic E-state index is 9.51. The lowest BCUT2D eigenvalue weighted by Gasteiger charge is -2.22. The van der Waals surface area contributed by atoms with E-state index in [1.165, 1.54) is 0 Å². The molecule has 0 heterocycles. The molecule has 0 saturated carbocycles. The highest BCUT2D eigenvalue weighted by molar-refractivity contribution is 6.20. The van der Waals surface area contributed by atoms with E-state index < -0.39 is 229 Å². The van der Waals surface area contributed by atoms with Crippen LogP contribution in [-0.4, -0.2) is 0 Å². The fourth-order valence-electron chi connectivity index (χ4n) is 4.78. The van der Waals surface area contributed by atoms with Crippen LogP contribution in [0.5, 0.6) is 0 Å². The van der Waals surface area contributed by atoms with E-state index in [4.69, 9.17) is 28.8 Å². The minimum absolute atomic E-state index is 0.553. The van der Waals surface area contributed by atoms with Gasteiger partial charge in [-0.2, -0.15) is 0 Å². The summed E-state index contributed by atoms with van der Waals surface area (Å²) in [4.78, 5) is 0. The predicted molar refractivity (Wildman–Crippen MR) is 167 cm³/mol. The van der Waals surface area contributed by atoms with Crippen molar-refractivity contribution < 1.29 is 38.4 Å². The van der Waals surface area contributed by atoms with Gasteiger partial charge in [-0.25, -0.2) is 0 Å². The van der Waals surface area contributed by atoms with E-state index >= 15 is 0 Å². The van der Waals surface area contributed by atoms with E-state index in [9.17, 15) is 9.60 Å². The number of rotatable bonds is 2. The molecule has 0 amide bonds. The summed E-state index contributed by atoms with van der Waals surface area (Å²) >= 11 is 0. The Labute approximate surface area is 268 Å². The Morgan fingerprint density at radius 1 is 0.462 bits per heavy atom. The zero-order valence-corrected chi connectivity index (χ0v) is 19.5. The van der Waals surface area contributed by atoms with Gasteiger partial charge in [0.15, 0.2) is 0 Å². The van der Waals surface area contributed by atoms with Crippen molar-refractivity contribution in [2.24, 2.45) is 0 Å². The average molecular weight is 525 g/mol. The second-order valence-corrected chi connectivity index (χ2v) is 8.75. The molecule has 0 aromatic heterocycles. The first-order chi connectivity index (χ1) is 30.8. The Hall–Kier alpha value is -4.68. The largest absolute Gasteiger partial charge is 0.0636 e. The topological polar surface area (TPSA) is 0 Å². The van der Waals surface area contributed by atoms with Crippen molar-refractivity contribution >= 4 is 32.3 Å². The van der Waals surface area contributed by atoms with Crippen molar-refractivity contribution in [3.05, 3.63) is 144 Å². The fraction of sp³-hybridized carbons (Fsp3) is 0.0769. The quantitative estimate of drug-likeness (QED) is 0.156. The van der Waals surface area contributed by atoms with Crippen molar-refractivity contribution in [2.45, 2.75) is 19.1 Å². The van der Waals surface area contributed by atoms with Gasteiger partial charge in [0.05, 0.1) is 30.2 Å². The van der Waals surface area contributed by atoms with Crippen LogP contribution in [0.25, 0.3) is 65.7 Å². The molecule has 0 N–H and O–H groups in total. The summed E-state index contributed by atoms with van der Waals surface area (Å²) in [6, 6.07) is -21.9. The van der Waals surface area contributed by atoms with E-state index in [1.807, 2.05) is 0 Å². The van der Waals surface area contributed by atoms with Gasteiger partial charge < -0.3 is 0 Å². The number of benzene rings is 7. The lowest BCUT2D eigenvalue weighted by molar-refractivity contribution is 0.660. The van der Waals surface area contributed by atoms with Crippen LogP contribution in [0.15, 0.2) is 133 Å². The summed E-state index contributed by atoms with van der Waals surface area (Å²) < 4.78 is 248. The maximum Gasteiger partial charge on any atom is 0.0636 e. The molecule has 184 valence electrons. The van der Waals surface area contributed by atoms with Gasteiger partial charge in [0.1, 0.15) is 0 Å². The molecule has 8 rings (SSSR count). The van der Waals surface area contributed by atoms with Crippen LogP contribution in [-0.2, 0) is 5.41 Å². The Morgan fingerprint density at radius 3 is 1.97 bits per heavy atom. The lowest BCUT2D eigenvalue weighted by atomic mass is 9.81. The van der Waals surface area contributed by atoms with Crippen molar-refractivity contribution in [2.75, 3.05) is 0 Å². The molecule has 0 radical (unpaired) electrons. The minimum atomic E-state index is -3.82. The summed E-state index contributed by atoms with van der Waals surface area (Å²) in [6.07, 6.45) is 0. The molecule has 0 bridgehead atoms. The molecule has 0 atom stereocenters. The molecule has 1 aliphatic rings. The highest BCUT2D eigenvalue weighted by Crippen LogP contribution is 2.49. The van der Waals surface area contributed by atoms with E-state index in [-0.39, 0.29) is 0 Å². The summed E-state index contributed by atoms with van der Waals surface area (Å²) in [7, 11) is 0. The van der Waals surface area contributed by atoms with E-state index in [0.717, 1.165) is 0 Å². The van der Waals surface area contributed by atoms with Gasteiger partial charge in [0.2, 0.25) is 0 Å². The molecule has 0 nitrogen and oxygen atoms in total. The first-order valence-electron chi connectivity index (χ1n) is 25.5. The van der Waals surface area contributed by atoms with Gasteiger partial charge in [-0.1, -0.05) is 135 Å². The molecule has 1 aliphatic carbocycles. The van der Waals surface area contributed by atoms with Crippen LogP contribution in [0, 0.1) is 0 Å². The van der Waals surface area contributed by atoms with Crippen molar-refractivity contribution in [3.63, 3.8) is 0 Å². The Morgan fingerprint density at radius 2 is 1.13 bits per heavy atom. The SMILES string of the molecule is [2H]c1c([2H])c([2H])c2c(c1[2H])-c1c([2H])c([2H])c(-c3c([2H])c([2H])c(-c4c5c([2H])c([2H])c([2H])c([2H])c5c([2H])c5c4c([2H])c([2H])c4c([2H])c([2H])c([2H])c([2H])c45)c([2H])c3[2H])c([2H])c1C2(C([2H])([2H])[2H])C([2H])([2H])[2H]. The van der Waals surface area contributed by atoms with Crippen LogP contribution in [0.3, 0.4) is 0 Å². The van der Waals surface area contributed by atoms with Crippen molar-refractivity contribution in [1.29, 1.82) is 0 Å². The van der Waals surface area contributed by atoms with E-state index in [1.54, 1.807) is 0 Å². The number of hydrogen-bond donors (Lipinski definition) is 0. The second-order valence-electron chi connectivity index (χ2n) is 8.75. The van der Waals surface area contributed by atoms with Gasteiger partial charge in [-0.3, -0.25) is 0 Å². The molecule has 7 aromatic rings. The molecule has 7 aromatic carbocycles. The first-order valence-corrected chi connectivity index (χ1v) is 11.5. The van der Waals surface area contributed by atoms with Gasteiger partial charge in [-0.05, 0) is 88.9 Å². The number of fused-ring (bicyclic) bond motifs is 7. The van der Waals surface area contributed by atoms with Crippen LogP contribution in [0.4, 0.5) is 0 Å². The molecule has 0 saturated heterocycles. The maximum absolute atomic E-state index is 9.51. The van der Waals surface area contributed by atoms with Crippen molar-refractivity contribution in [3.8, 4) is 33.4 Å². The molecule has 0 heteroatoms. The Kier molecular flexibility index (Phi) is 1.66. The summed E-state index contributed by atoms with van der Waals surface area (Å²) in [5, 5.41) is -3.69. The van der Waals surface area contributed by atoms with E-state index in [0.29, 0.717) is 0 Å². The highest BCUT2D eigenvalue weighted by Gasteiger charge is 2.35. The van der Waals surface area contributed by atoms with Crippen LogP contribution >= 0.6 is 0 Å². The second kappa shape index (κ2) is 8.16. The van der Waals surface area contributed by atoms with Crippen LogP contribution in [0.1, 0.15) is 63.2 Å². The fourth-order valence-corrected chi connectivity index (χ4v) is 4.78. The monoisotopic (exact) mass is 524 g/mol. The standard InChI is InChI=1S/C39H28/c1-39(2)36-14-8-7-13-32(36)33-21-20-28(24-37(33)39)25-15-17-27(18-16-25)38-31-12-6-4-10-29(31)23-35-30-11-5-3-9-26(30)19-22-34(35)38/h3-24H,1-2H3/i1D3,2D3,3D,4D,5D,6D,7D,8D,9D,10D,11D,12D,13D,14D,15D,16D,17D,18D,19D,20D,21D,22D,23D,24D. The van der Waals surface area contributed by atoms with E-state index in [2.05, 4.69) is 0 Å². The third kappa shape index (κ3) is 3.25. The minimum Gasteiger partial charge on any atom is -0.0619 e. The highest BCUT2D eigenvalue weighted by atomic mass is 14.4. The smallest absolute Gasteiger partial charge is 0.0619 e. The summed E-state index contributed by atoms with van der Waals surface area (Å²) in [6.45, 7) is -7.63. The first kappa shape index (κ1) is 7.93. The Bertz CT molecular complexity index is 3460. The van der Waals surface area contributed by atoms with Crippen LogP contribution < -0.4 is 0 Å². The van der Waals surface area contributed by atoms with Gasteiger partial charge in [0, 0.05) is 13.6 Å². The predicted octanol–water partition coefficient (Wildman–Crippen LogP) is 10.8. The summed E-state index contributed by atoms with van der Waals surface area (Å²) in [5.74, 6) is 0. The third-order valence-electron chi connectivity index (χ3n) is 6.56. The van der Waals surface area contributed by atoms with Gasteiger partial charge in [-0.15, -0.1) is 0 Å².